The highest BCUT2D eigenvalue weighted by atomic mass is 16.5. The zero-order chi connectivity index (χ0) is 13.5. The molecular weight excluding hydrogens is 242 g/mol. The minimum atomic E-state index is 0.655. The summed E-state index contributed by atoms with van der Waals surface area (Å²) in [5.41, 5.74) is 0.988. The zero-order valence-electron chi connectivity index (χ0n) is 12.0. The third kappa shape index (κ3) is 4.60. The number of piperidine rings is 1. The number of likely N-dealkylation sites (tertiary alicyclic amines) is 1. The molecule has 1 saturated heterocycles. The molecule has 1 unspecified atom stereocenters. The summed E-state index contributed by atoms with van der Waals surface area (Å²) >= 11 is 0. The van der Waals surface area contributed by atoms with Gasteiger partial charge in [-0.2, -0.15) is 0 Å². The summed E-state index contributed by atoms with van der Waals surface area (Å²) in [5.74, 6) is 1.62. The molecule has 5 nitrogen and oxygen atoms in total. The van der Waals surface area contributed by atoms with Crippen LogP contribution in [-0.4, -0.2) is 43.4 Å². The molecule has 1 aromatic rings. The summed E-state index contributed by atoms with van der Waals surface area (Å²) in [6.45, 7) is 7.78. The summed E-state index contributed by atoms with van der Waals surface area (Å²) < 4.78 is 10.7. The maximum absolute atomic E-state index is 5.40. The maximum atomic E-state index is 5.40. The number of methoxy groups -OCH3 is 1. The second-order valence-electron chi connectivity index (χ2n) is 5.26. The maximum Gasteiger partial charge on any atom is 0.151 e. The Morgan fingerprint density at radius 3 is 3.26 bits per heavy atom. The molecule has 2 rings (SSSR count). The Labute approximate surface area is 115 Å². The van der Waals surface area contributed by atoms with Gasteiger partial charge in [-0.25, -0.2) is 0 Å². The molecule has 1 aliphatic heterocycles. The first-order valence-corrected chi connectivity index (χ1v) is 7.18. The van der Waals surface area contributed by atoms with Crippen LogP contribution < -0.4 is 5.32 Å². The molecule has 1 aliphatic rings. The number of nitrogens with one attached hydrogen (secondary N) is 1. The van der Waals surface area contributed by atoms with Gasteiger partial charge in [0.1, 0.15) is 0 Å². The second kappa shape index (κ2) is 7.62. The molecule has 0 radical (unpaired) electrons. The van der Waals surface area contributed by atoms with E-state index in [4.69, 9.17) is 9.26 Å². The molecule has 1 fully saturated rings. The van der Waals surface area contributed by atoms with E-state index < -0.39 is 0 Å². The molecule has 0 bridgehead atoms. The van der Waals surface area contributed by atoms with Crippen molar-refractivity contribution >= 4 is 0 Å². The van der Waals surface area contributed by atoms with Crippen LogP contribution in [0.15, 0.2) is 10.6 Å². The van der Waals surface area contributed by atoms with E-state index in [1.54, 1.807) is 7.11 Å². The number of nitrogens with zero attached hydrogens (tertiary/aromatic N) is 2. The molecule has 1 atom stereocenters. The van der Waals surface area contributed by atoms with Gasteiger partial charge in [-0.05, 0) is 31.8 Å². The molecular formula is C14H25N3O2. The van der Waals surface area contributed by atoms with Gasteiger partial charge in [-0.15, -0.1) is 0 Å². The Morgan fingerprint density at radius 1 is 1.58 bits per heavy atom. The lowest BCUT2D eigenvalue weighted by Crippen LogP contribution is -2.36. The van der Waals surface area contributed by atoms with E-state index in [1.165, 1.54) is 12.8 Å². The van der Waals surface area contributed by atoms with Crippen molar-refractivity contribution in [3.05, 3.63) is 17.5 Å². The summed E-state index contributed by atoms with van der Waals surface area (Å²) in [4.78, 5) is 2.44. The average Bonchev–Trinajstić information content (AvgIpc) is 2.85. The van der Waals surface area contributed by atoms with Crippen molar-refractivity contribution in [3.8, 4) is 0 Å². The molecule has 108 valence electrons. The van der Waals surface area contributed by atoms with Crippen LogP contribution in [0, 0.1) is 5.92 Å². The topological polar surface area (TPSA) is 50.5 Å². The van der Waals surface area contributed by atoms with Crippen LogP contribution in [0.4, 0.5) is 0 Å². The Morgan fingerprint density at radius 2 is 2.47 bits per heavy atom. The Balaban J connectivity index is 1.81. The quantitative estimate of drug-likeness (QED) is 0.814. The standard InChI is InChI=1S/C14H25N3O2/c1-3-15-8-13-7-14(19-16-13)10-17-6-4-5-12(9-17)11-18-2/h7,12,15H,3-6,8-11H2,1-2H3. The van der Waals surface area contributed by atoms with E-state index in [1.807, 2.05) is 0 Å². The molecule has 0 spiro atoms. The highest BCUT2D eigenvalue weighted by molar-refractivity contribution is 5.05. The van der Waals surface area contributed by atoms with Crippen LogP contribution in [-0.2, 0) is 17.8 Å². The fourth-order valence-electron chi connectivity index (χ4n) is 2.65. The summed E-state index contributed by atoms with van der Waals surface area (Å²) in [7, 11) is 1.78. The van der Waals surface area contributed by atoms with Crippen molar-refractivity contribution in [1.29, 1.82) is 0 Å². The molecule has 2 heterocycles. The highest BCUT2D eigenvalue weighted by Crippen LogP contribution is 2.19. The Kier molecular flexibility index (Phi) is 5.82. The summed E-state index contributed by atoms with van der Waals surface area (Å²) in [6.07, 6.45) is 2.51. The van der Waals surface area contributed by atoms with Crippen molar-refractivity contribution in [3.63, 3.8) is 0 Å². The van der Waals surface area contributed by atoms with Crippen molar-refractivity contribution < 1.29 is 9.26 Å². The SMILES string of the molecule is CCNCc1cc(CN2CCCC(COC)C2)on1. The van der Waals surface area contributed by atoms with E-state index in [0.29, 0.717) is 5.92 Å². The van der Waals surface area contributed by atoms with E-state index in [9.17, 15) is 0 Å². The first-order chi connectivity index (χ1) is 9.31. The van der Waals surface area contributed by atoms with Crippen LogP contribution in [0.5, 0.6) is 0 Å². The van der Waals surface area contributed by atoms with Crippen LogP contribution in [0.1, 0.15) is 31.2 Å². The van der Waals surface area contributed by atoms with Gasteiger partial charge in [0.15, 0.2) is 5.76 Å². The number of hydrogen-bond acceptors (Lipinski definition) is 5. The van der Waals surface area contributed by atoms with E-state index in [0.717, 1.165) is 50.8 Å². The van der Waals surface area contributed by atoms with Gasteiger partial charge in [-0.1, -0.05) is 12.1 Å². The zero-order valence-corrected chi connectivity index (χ0v) is 12.0. The monoisotopic (exact) mass is 267 g/mol. The van der Waals surface area contributed by atoms with Crippen LogP contribution in [0.25, 0.3) is 0 Å². The van der Waals surface area contributed by atoms with Crippen molar-refractivity contribution in [1.82, 2.24) is 15.4 Å². The molecule has 5 heteroatoms. The van der Waals surface area contributed by atoms with Crippen LogP contribution in [0.3, 0.4) is 0 Å². The number of ether oxygens (including phenoxy) is 1. The molecule has 1 aromatic heterocycles. The molecule has 0 amide bonds. The third-order valence-electron chi connectivity index (χ3n) is 3.55. The average molecular weight is 267 g/mol. The fourth-order valence-corrected chi connectivity index (χ4v) is 2.65. The smallest absolute Gasteiger partial charge is 0.151 e. The van der Waals surface area contributed by atoms with Crippen LogP contribution in [0.2, 0.25) is 0 Å². The number of rotatable bonds is 7. The van der Waals surface area contributed by atoms with Gasteiger partial charge in [-0.3, -0.25) is 4.90 Å². The minimum Gasteiger partial charge on any atom is -0.384 e. The van der Waals surface area contributed by atoms with Gasteiger partial charge in [0.2, 0.25) is 0 Å². The van der Waals surface area contributed by atoms with Crippen LogP contribution >= 0.6 is 0 Å². The number of hydrogen-bond donors (Lipinski definition) is 1. The highest BCUT2D eigenvalue weighted by Gasteiger charge is 2.20. The van der Waals surface area contributed by atoms with E-state index in [2.05, 4.69) is 28.4 Å². The lowest BCUT2D eigenvalue weighted by molar-refractivity contribution is 0.0829. The lowest BCUT2D eigenvalue weighted by Gasteiger charge is -2.31. The van der Waals surface area contributed by atoms with Crippen molar-refractivity contribution in [2.45, 2.75) is 32.9 Å². The first kappa shape index (κ1) is 14.5. The molecule has 0 aliphatic carbocycles. The largest absolute Gasteiger partial charge is 0.384 e. The molecule has 19 heavy (non-hydrogen) atoms. The predicted molar refractivity (Wildman–Crippen MR) is 73.8 cm³/mol. The first-order valence-electron chi connectivity index (χ1n) is 7.18. The van der Waals surface area contributed by atoms with Crippen molar-refractivity contribution in [2.24, 2.45) is 5.92 Å². The normalized spacial score (nSPS) is 20.8. The lowest BCUT2D eigenvalue weighted by atomic mass is 9.99. The molecule has 0 saturated carbocycles. The third-order valence-corrected chi connectivity index (χ3v) is 3.55. The molecule has 1 N–H and O–H groups in total. The summed E-state index contributed by atoms with van der Waals surface area (Å²) in [6, 6.07) is 2.06. The number of aromatic nitrogens is 1. The van der Waals surface area contributed by atoms with Gasteiger partial charge >= 0.3 is 0 Å². The predicted octanol–water partition coefficient (Wildman–Crippen LogP) is 1.64. The van der Waals surface area contributed by atoms with Gasteiger partial charge in [0, 0.05) is 26.3 Å². The minimum absolute atomic E-state index is 0.655. The van der Waals surface area contributed by atoms with Crippen molar-refractivity contribution in [2.75, 3.05) is 33.4 Å². The van der Waals surface area contributed by atoms with Gasteiger partial charge in [0.25, 0.3) is 0 Å². The second-order valence-corrected chi connectivity index (χ2v) is 5.26. The molecule has 0 aromatic carbocycles. The Bertz CT molecular complexity index is 365. The fraction of sp³-hybridized carbons (Fsp3) is 0.786. The summed E-state index contributed by atoms with van der Waals surface area (Å²) in [5, 5.41) is 7.34. The Hall–Kier alpha value is -0.910. The van der Waals surface area contributed by atoms with E-state index >= 15 is 0 Å². The van der Waals surface area contributed by atoms with Gasteiger partial charge < -0.3 is 14.6 Å². The van der Waals surface area contributed by atoms with E-state index in [-0.39, 0.29) is 0 Å². The van der Waals surface area contributed by atoms with Gasteiger partial charge in [0.05, 0.1) is 18.8 Å².